The lowest BCUT2D eigenvalue weighted by Crippen LogP contribution is -2.22. The minimum absolute atomic E-state index is 0.00481. The normalized spacial score (nSPS) is 10.4. The van der Waals surface area contributed by atoms with E-state index in [1.807, 2.05) is 0 Å². The second kappa shape index (κ2) is 5.06. The van der Waals surface area contributed by atoms with E-state index >= 15 is 0 Å². The predicted molar refractivity (Wildman–Crippen MR) is 67.9 cm³/mol. The molecule has 0 spiro atoms. The standard InChI is InChI=1S/C14H12FNO3/c1-9-3-2-6-16(13(9)17)8-10-7-11(15)4-5-12(10)14(18)19/h2-7H,8H2,1H3,(H,18,19). The molecular weight excluding hydrogens is 249 g/mol. The van der Waals surface area contributed by atoms with E-state index in [1.54, 1.807) is 25.3 Å². The van der Waals surface area contributed by atoms with Crippen LogP contribution in [0.2, 0.25) is 0 Å². The van der Waals surface area contributed by atoms with Gasteiger partial charge in [-0.2, -0.15) is 0 Å². The van der Waals surface area contributed by atoms with Gasteiger partial charge in [0.25, 0.3) is 5.56 Å². The van der Waals surface area contributed by atoms with Gasteiger partial charge in [0.2, 0.25) is 0 Å². The molecule has 19 heavy (non-hydrogen) atoms. The number of hydrogen-bond donors (Lipinski definition) is 1. The maximum Gasteiger partial charge on any atom is 0.336 e. The molecule has 0 aliphatic heterocycles. The van der Waals surface area contributed by atoms with E-state index in [0.29, 0.717) is 5.56 Å². The van der Waals surface area contributed by atoms with Crippen molar-refractivity contribution in [1.82, 2.24) is 4.57 Å². The highest BCUT2D eigenvalue weighted by Crippen LogP contribution is 2.12. The first-order valence-corrected chi connectivity index (χ1v) is 5.67. The summed E-state index contributed by atoms with van der Waals surface area (Å²) in [6, 6.07) is 6.79. The van der Waals surface area contributed by atoms with E-state index in [9.17, 15) is 14.0 Å². The molecule has 0 fully saturated rings. The number of carboxylic acid groups (broad SMARTS) is 1. The van der Waals surface area contributed by atoms with Gasteiger partial charge in [-0.1, -0.05) is 6.07 Å². The SMILES string of the molecule is Cc1cccn(Cc2cc(F)ccc2C(=O)O)c1=O. The number of aromatic carboxylic acids is 1. The molecule has 0 aliphatic carbocycles. The average molecular weight is 261 g/mol. The number of aromatic nitrogens is 1. The molecule has 1 heterocycles. The highest BCUT2D eigenvalue weighted by molar-refractivity contribution is 5.89. The van der Waals surface area contributed by atoms with Crippen LogP contribution < -0.4 is 5.56 Å². The van der Waals surface area contributed by atoms with E-state index in [-0.39, 0.29) is 23.2 Å². The van der Waals surface area contributed by atoms with Crippen molar-refractivity contribution in [2.75, 3.05) is 0 Å². The number of rotatable bonds is 3. The Kier molecular flexibility index (Phi) is 3.46. The van der Waals surface area contributed by atoms with Crippen LogP contribution >= 0.6 is 0 Å². The third kappa shape index (κ3) is 2.70. The molecule has 1 aromatic heterocycles. The van der Waals surface area contributed by atoms with Gasteiger partial charge in [0.15, 0.2) is 0 Å². The second-order valence-corrected chi connectivity index (χ2v) is 4.23. The summed E-state index contributed by atoms with van der Waals surface area (Å²) < 4.78 is 14.6. The number of hydrogen-bond acceptors (Lipinski definition) is 2. The molecule has 0 atom stereocenters. The summed E-state index contributed by atoms with van der Waals surface area (Å²) in [5.41, 5.74) is 0.592. The van der Waals surface area contributed by atoms with Crippen LogP contribution in [0.25, 0.3) is 0 Å². The third-order valence-electron chi connectivity index (χ3n) is 2.85. The van der Waals surface area contributed by atoms with Crippen LogP contribution in [0, 0.1) is 12.7 Å². The second-order valence-electron chi connectivity index (χ2n) is 4.23. The molecule has 0 radical (unpaired) electrons. The van der Waals surface area contributed by atoms with Crippen LogP contribution in [-0.4, -0.2) is 15.6 Å². The van der Waals surface area contributed by atoms with Gasteiger partial charge in [-0.3, -0.25) is 4.79 Å². The Hall–Kier alpha value is -2.43. The monoisotopic (exact) mass is 261 g/mol. The van der Waals surface area contributed by atoms with E-state index in [0.717, 1.165) is 12.1 Å². The molecule has 0 unspecified atom stereocenters. The van der Waals surface area contributed by atoms with Gasteiger partial charge in [-0.05, 0) is 36.8 Å². The minimum atomic E-state index is -1.14. The van der Waals surface area contributed by atoms with Gasteiger partial charge in [-0.15, -0.1) is 0 Å². The number of nitrogens with zero attached hydrogens (tertiary/aromatic N) is 1. The fourth-order valence-corrected chi connectivity index (χ4v) is 1.87. The Balaban J connectivity index is 2.48. The maximum atomic E-state index is 13.2. The molecule has 0 aliphatic rings. The fraction of sp³-hybridized carbons (Fsp3) is 0.143. The van der Waals surface area contributed by atoms with Gasteiger partial charge in [-0.25, -0.2) is 9.18 Å². The Bertz CT molecular complexity index is 691. The lowest BCUT2D eigenvalue weighted by atomic mass is 10.1. The van der Waals surface area contributed by atoms with Crippen molar-refractivity contribution in [2.45, 2.75) is 13.5 Å². The van der Waals surface area contributed by atoms with Crippen molar-refractivity contribution in [3.63, 3.8) is 0 Å². The number of halogens is 1. The van der Waals surface area contributed by atoms with E-state index in [4.69, 9.17) is 5.11 Å². The van der Waals surface area contributed by atoms with Crippen LogP contribution in [0.4, 0.5) is 4.39 Å². The molecular formula is C14H12FNO3. The molecule has 2 aromatic rings. The Morgan fingerprint density at radius 2 is 2.11 bits per heavy atom. The van der Waals surface area contributed by atoms with Gasteiger partial charge < -0.3 is 9.67 Å². The first-order valence-electron chi connectivity index (χ1n) is 5.67. The molecule has 5 heteroatoms. The number of pyridine rings is 1. The fourth-order valence-electron chi connectivity index (χ4n) is 1.87. The number of carbonyl (C=O) groups is 1. The van der Waals surface area contributed by atoms with Crippen molar-refractivity contribution >= 4 is 5.97 Å². The maximum absolute atomic E-state index is 13.2. The molecule has 0 saturated heterocycles. The van der Waals surface area contributed by atoms with Crippen molar-refractivity contribution in [2.24, 2.45) is 0 Å². The van der Waals surface area contributed by atoms with Gasteiger partial charge in [0.05, 0.1) is 12.1 Å². The molecule has 1 N–H and O–H groups in total. The van der Waals surface area contributed by atoms with Crippen LogP contribution in [-0.2, 0) is 6.54 Å². The number of aryl methyl sites for hydroxylation is 1. The molecule has 0 bridgehead atoms. The summed E-state index contributed by atoms with van der Waals surface area (Å²) in [7, 11) is 0. The largest absolute Gasteiger partial charge is 0.478 e. The van der Waals surface area contributed by atoms with Crippen LogP contribution in [0.5, 0.6) is 0 Å². The lowest BCUT2D eigenvalue weighted by Gasteiger charge is -2.09. The van der Waals surface area contributed by atoms with Crippen LogP contribution in [0.3, 0.4) is 0 Å². The minimum Gasteiger partial charge on any atom is -0.478 e. The topological polar surface area (TPSA) is 59.3 Å². The molecule has 4 nitrogen and oxygen atoms in total. The van der Waals surface area contributed by atoms with Crippen LogP contribution in [0.1, 0.15) is 21.5 Å². The van der Waals surface area contributed by atoms with Crippen LogP contribution in [0.15, 0.2) is 41.3 Å². The van der Waals surface area contributed by atoms with Crippen molar-refractivity contribution in [3.05, 3.63) is 69.4 Å². The number of benzene rings is 1. The highest BCUT2D eigenvalue weighted by Gasteiger charge is 2.12. The summed E-state index contributed by atoms with van der Waals surface area (Å²) in [6.45, 7) is 1.70. The summed E-state index contributed by atoms with van der Waals surface area (Å²) in [5, 5.41) is 9.05. The molecule has 0 saturated carbocycles. The zero-order valence-corrected chi connectivity index (χ0v) is 10.3. The first-order chi connectivity index (χ1) is 8.99. The average Bonchev–Trinajstić information content (AvgIpc) is 2.35. The number of carboxylic acids is 1. The highest BCUT2D eigenvalue weighted by atomic mass is 19.1. The van der Waals surface area contributed by atoms with Gasteiger partial charge >= 0.3 is 5.97 Å². The molecule has 1 aromatic carbocycles. The Labute approximate surface area is 108 Å². The summed E-state index contributed by atoms with van der Waals surface area (Å²) >= 11 is 0. The quantitative estimate of drug-likeness (QED) is 0.919. The van der Waals surface area contributed by atoms with E-state index < -0.39 is 11.8 Å². The van der Waals surface area contributed by atoms with Gasteiger partial charge in [0.1, 0.15) is 5.82 Å². The molecule has 2 rings (SSSR count). The summed E-state index contributed by atoms with van der Waals surface area (Å²) in [6.07, 6.45) is 1.55. The zero-order valence-electron chi connectivity index (χ0n) is 10.3. The third-order valence-corrected chi connectivity index (χ3v) is 2.85. The van der Waals surface area contributed by atoms with Crippen molar-refractivity contribution in [1.29, 1.82) is 0 Å². The zero-order chi connectivity index (χ0) is 14.0. The van der Waals surface area contributed by atoms with E-state index in [2.05, 4.69) is 0 Å². The Morgan fingerprint density at radius 1 is 1.37 bits per heavy atom. The molecule has 0 amide bonds. The summed E-state index contributed by atoms with van der Waals surface area (Å²) in [5.74, 6) is -1.67. The predicted octanol–water partition coefficient (Wildman–Crippen LogP) is 2.04. The van der Waals surface area contributed by atoms with Gasteiger partial charge in [0, 0.05) is 11.8 Å². The van der Waals surface area contributed by atoms with E-state index in [1.165, 1.54) is 10.6 Å². The van der Waals surface area contributed by atoms with Crippen molar-refractivity contribution in [3.8, 4) is 0 Å². The Morgan fingerprint density at radius 3 is 2.79 bits per heavy atom. The summed E-state index contributed by atoms with van der Waals surface area (Å²) in [4.78, 5) is 22.9. The van der Waals surface area contributed by atoms with Crippen molar-refractivity contribution < 1.29 is 14.3 Å². The molecule has 98 valence electrons. The smallest absolute Gasteiger partial charge is 0.336 e. The lowest BCUT2D eigenvalue weighted by molar-refractivity contribution is 0.0695. The first kappa shape index (κ1) is 13.0.